The average molecular weight is 1800 g/mol. The van der Waals surface area contributed by atoms with Crippen molar-refractivity contribution in [3.05, 3.63) is 95.0 Å². The van der Waals surface area contributed by atoms with Crippen molar-refractivity contribution in [1.29, 1.82) is 0 Å². The molecule has 674 valence electrons. The lowest BCUT2D eigenvalue weighted by Gasteiger charge is -2.34. The quantitative estimate of drug-likeness (QED) is 0.0736. The van der Waals surface area contributed by atoms with E-state index >= 15 is 0 Å². The number of pyridine rings is 3. The van der Waals surface area contributed by atoms with Crippen LogP contribution in [0.25, 0.3) is 0 Å². The summed E-state index contributed by atoms with van der Waals surface area (Å²) in [5.41, 5.74) is -0.702. The van der Waals surface area contributed by atoms with E-state index < -0.39 is 59.4 Å². The number of hydrogen-bond donors (Lipinski definition) is 4. The number of carbonyl (C=O) groups is 6. The van der Waals surface area contributed by atoms with Crippen molar-refractivity contribution >= 4 is 106 Å². The Hall–Kier alpha value is -8.77. The molecule has 30 nitrogen and oxygen atoms in total. The summed E-state index contributed by atoms with van der Waals surface area (Å²) in [4.78, 5) is 102. The number of fused-ring (bicyclic) bond motifs is 18. The first-order valence-electron chi connectivity index (χ1n) is 44.3. The number of alkyl halides is 3. The Labute approximate surface area is 729 Å². The van der Waals surface area contributed by atoms with Gasteiger partial charge < -0.3 is 20.0 Å². The number of hydrogen-bond acceptors (Lipinski definition) is 21. The normalized spacial score (nSPS) is 26.2. The van der Waals surface area contributed by atoms with Crippen LogP contribution in [0.5, 0.6) is 0 Å². The van der Waals surface area contributed by atoms with Gasteiger partial charge >= 0.3 is 6.18 Å². The minimum absolute atomic E-state index is 0.00123. The van der Waals surface area contributed by atoms with E-state index in [0.717, 1.165) is 109 Å². The Morgan fingerprint density at radius 3 is 1.14 bits per heavy atom. The molecule has 6 aromatic rings. The van der Waals surface area contributed by atoms with Gasteiger partial charge in [0.2, 0.25) is 17.7 Å². The smallest absolute Gasteiger partial charge is 0.356 e. The molecule has 124 heavy (non-hydrogen) atoms. The van der Waals surface area contributed by atoms with Crippen molar-refractivity contribution in [3.63, 3.8) is 0 Å². The van der Waals surface area contributed by atoms with E-state index in [0.29, 0.717) is 123 Å². The van der Waals surface area contributed by atoms with Crippen LogP contribution in [-0.2, 0) is 64.1 Å². The lowest BCUT2D eigenvalue weighted by Crippen LogP contribution is -2.41. The molecule has 15 heterocycles. The highest BCUT2D eigenvalue weighted by Gasteiger charge is 2.62. The maximum atomic E-state index is 13.5. The van der Waals surface area contributed by atoms with Crippen molar-refractivity contribution in [1.82, 2.24) is 63.8 Å². The molecule has 9 aliphatic heterocycles. The molecule has 0 radical (unpaired) electrons. The third-order valence-corrected chi connectivity index (χ3v) is 32.1. The molecular formula is C87H118ClF3N18O12S3. The van der Waals surface area contributed by atoms with Crippen LogP contribution in [0.1, 0.15) is 260 Å². The summed E-state index contributed by atoms with van der Waals surface area (Å²) >= 11 is 6.11. The van der Waals surface area contributed by atoms with Crippen LogP contribution in [0.3, 0.4) is 0 Å². The van der Waals surface area contributed by atoms with Gasteiger partial charge in [-0.05, 0) is 279 Å². The number of anilines is 5. The zero-order chi connectivity index (χ0) is 88.5. The summed E-state index contributed by atoms with van der Waals surface area (Å²) < 4.78 is 126. The fraction of sp³-hybridized carbons (Fsp3) is 0.655. The van der Waals surface area contributed by atoms with E-state index in [2.05, 4.69) is 110 Å². The first-order valence-corrected chi connectivity index (χ1v) is 49.1. The lowest BCUT2D eigenvalue weighted by molar-refractivity contribution is -0.189. The minimum Gasteiger partial charge on any atom is -0.356 e. The number of aryl methyl sites for hydroxylation is 3. The molecule has 6 atom stereocenters. The van der Waals surface area contributed by atoms with Crippen LogP contribution in [0, 0.1) is 51.8 Å². The molecule has 0 aromatic carbocycles. The van der Waals surface area contributed by atoms with Gasteiger partial charge in [0.05, 0.1) is 22.1 Å². The molecular weight excluding hydrogens is 1680 g/mol. The number of aromatic nitrogens is 9. The Balaban J connectivity index is 0.000000134. The van der Waals surface area contributed by atoms with E-state index in [1.165, 1.54) is 68.9 Å². The van der Waals surface area contributed by atoms with Gasteiger partial charge in [0.15, 0.2) is 15.1 Å². The number of carbonyl (C=O) groups excluding carboxylic acids is 6. The van der Waals surface area contributed by atoms with E-state index in [1.54, 1.807) is 66.7 Å². The third kappa shape index (κ3) is 20.1. The molecule has 9 fully saturated rings. The van der Waals surface area contributed by atoms with Crippen LogP contribution in [-0.4, -0.2) is 167 Å². The Bertz CT molecular complexity index is 5200. The predicted molar refractivity (Wildman–Crippen MR) is 461 cm³/mol. The van der Waals surface area contributed by atoms with Gasteiger partial charge in [-0.2, -0.15) is 53.7 Å². The number of nitrogens with zero attached hydrogens (tertiary/aromatic N) is 14. The molecule has 6 amide bonds. The molecule has 12 aliphatic rings. The highest BCUT2D eigenvalue weighted by Crippen LogP contribution is 2.61. The molecule has 37 heteroatoms. The van der Waals surface area contributed by atoms with Gasteiger partial charge in [-0.25, -0.2) is 29.1 Å². The molecule has 3 aliphatic carbocycles. The lowest BCUT2D eigenvalue weighted by atomic mass is 9.93. The summed E-state index contributed by atoms with van der Waals surface area (Å²) in [5.74, 6) is 1.44. The highest BCUT2D eigenvalue weighted by molar-refractivity contribution is 7.90. The van der Waals surface area contributed by atoms with Crippen LogP contribution >= 0.6 is 11.6 Å². The molecule has 18 rings (SSSR count). The zero-order valence-electron chi connectivity index (χ0n) is 72.2. The van der Waals surface area contributed by atoms with E-state index in [4.69, 9.17) is 21.6 Å². The standard InChI is InChI=1S/2C29H40N6O4S.C18H22ClN5O3S.C11H16F3NO/c2*1-28(2)18-20-6-5-15-33-16-11-24(31-33)40(38,39)32-26(36)22-8-9-23(30-25(22)35(28)19-20)34-17-10-21(27(34)37)7-4-12-29(3)13-14-29;1-18(2)10-12-4-3-8-23-9-7-15(21-23)28(26,27)22-17(25)13-5-6-14(19)20-16(13)24(18)11-12;12-11(13,14)10(5-6-10)4-1-2-8-3-7-15-9(8)16/h2*8-9,11,16,20-21H,4-7,10,12-15,17-19H2,1-3H3,(H,32,36);5-7,9,12H,3-4,8,10-11H2,1-2H3,(H,22,25);8H,1-7H2,(H,15,16). The topological polar surface area (TPSA) is 361 Å². The monoisotopic (exact) mass is 1790 g/mol. The van der Waals surface area contributed by atoms with Crippen molar-refractivity contribution in [2.45, 2.75) is 286 Å². The van der Waals surface area contributed by atoms with Crippen molar-refractivity contribution in [2.24, 2.45) is 51.8 Å². The van der Waals surface area contributed by atoms with E-state index in [1.807, 2.05) is 0 Å². The number of rotatable bonds is 14. The Morgan fingerprint density at radius 2 is 0.790 bits per heavy atom. The van der Waals surface area contributed by atoms with Gasteiger partial charge in [-0.1, -0.05) is 44.7 Å². The Morgan fingerprint density at radius 1 is 0.435 bits per heavy atom. The molecule has 6 unspecified atom stereocenters. The maximum Gasteiger partial charge on any atom is 0.394 e. The zero-order valence-corrected chi connectivity index (χ0v) is 75.5. The van der Waals surface area contributed by atoms with Crippen molar-refractivity contribution < 1.29 is 67.2 Å². The molecule has 6 saturated heterocycles. The first kappa shape index (κ1) is 90.0. The molecule has 6 aromatic heterocycles. The SMILES string of the molecule is CC1(C)CC2CCCn3ccc(n3)S(=O)(=O)NC(=O)c3ccc(Cl)nc3N1C2.CC1(CCCC2CCN(c3ccc4c(n3)N3CC(CCCn5ccc(n5)S(=O)(=O)NC4=O)CC3(C)C)C2=O)CC1.CC1(CCCC2CCN(c3ccc4c(n3)N3CC(CCCn5ccc(n5)S(=O)(=O)NC4=O)CC3(C)C)C2=O)CC1.O=C1NCCC1CCCC1(C(F)(F)F)CC1. The number of sulfonamides is 3. The summed E-state index contributed by atoms with van der Waals surface area (Å²) in [7, 11) is -12.4. The molecule has 3 saturated carbocycles. The number of nitrogens with one attached hydrogen (secondary N) is 4. The van der Waals surface area contributed by atoms with Gasteiger partial charge in [-0.15, -0.1) is 0 Å². The molecule has 0 spiro atoms. The molecule has 12 bridgehead atoms. The summed E-state index contributed by atoms with van der Waals surface area (Å²) in [6.45, 7) is 23.3. The predicted octanol–water partition coefficient (Wildman–Crippen LogP) is 13.3. The largest absolute Gasteiger partial charge is 0.394 e. The second kappa shape index (κ2) is 34.8. The van der Waals surface area contributed by atoms with Crippen molar-refractivity contribution in [3.8, 4) is 0 Å². The van der Waals surface area contributed by atoms with E-state index in [-0.39, 0.29) is 108 Å². The highest BCUT2D eigenvalue weighted by atomic mass is 35.5. The third-order valence-electron chi connectivity index (χ3n) is 28.2. The van der Waals surface area contributed by atoms with Crippen molar-refractivity contribution in [2.75, 3.05) is 63.8 Å². The second-order valence-electron chi connectivity index (χ2n) is 39.4. The number of halogens is 4. The number of amides is 6. The van der Waals surface area contributed by atoms with Gasteiger partial charge in [0, 0.05) is 112 Å². The van der Waals surface area contributed by atoms with E-state index in [9.17, 15) is 67.2 Å². The van der Waals surface area contributed by atoms with Gasteiger partial charge in [-0.3, -0.25) is 52.6 Å². The fourth-order valence-corrected chi connectivity index (χ4v) is 23.0. The summed E-state index contributed by atoms with van der Waals surface area (Å²) in [6, 6.07) is 13.8. The van der Waals surface area contributed by atoms with Gasteiger partial charge in [0.25, 0.3) is 47.8 Å². The first-order chi connectivity index (χ1) is 58.5. The second-order valence-corrected chi connectivity index (χ2v) is 44.6. The van der Waals surface area contributed by atoms with Crippen LogP contribution in [0.4, 0.5) is 42.3 Å². The summed E-state index contributed by atoms with van der Waals surface area (Å²) in [6.07, 6.45) is 24.8. The Kier molecular flexibility index (Phi) is 25.2. The molecule has 4 N–H and O–H groups in total. The van der Waals surface area contributed by atoms with Gasteiger partial charge in [0.1, 0.15) is 34.2 Å². The fourth-order valence-electron chi connectivity index (χ4n) is 20.1. The summed E-state index contributed by atoms with van der Waals surface area (Å²) in [5, 5.41) is 14.9. The minimum atomic E-state index is -4.16. The van der Waals surface area contributed by atoms with Crippen LogP contribution in [0.2, 0.25) is 5.15 Å². The average Bonchev–Trinajstić information content (AvgIpc) is 1.59. The van der Waals surface area contributed by atoms with Crippen LogP contribution in [0.15, 0.2) is 88.3 Å². The maximum absolute atomic E-state index is 13.5. The van der Waals surface area contributed by atoms with Crippen LogP contribution < -0.4 is 44.0 Å².